The van der Waals surface area contributed by atoms with Gasteiger partial charge in [-0.25, -0.2) is 19.2 Å². The molecule has 4 atom stereocenters. The Labute approximate surface area is 284 Å². The van der Waals surface area contributed by atoms with Gasteiger partial charge >= 0.3 is 44.0 Å². The van der Waals surface area contributed by atoms with Crippen LogP contribution in [0.3, 0.4) is 0 Å². The number of benzene rings is 1. The minimum atomic E-state index is -4.67. The molecular weight excluding hydrogens is 675 g/mol. The Bertz CT molecular complexity index is 1260. The molecule has 4 unspecified atom stereocenters. The Morgan fingerprint density at radius 1 is 0.592 bits per heavy atom. The van der Waals surface area contributed by atoms with Crippen molar-refractivity contribution >= 4 is 44.0 Å². The highest BCUT2D eigenvalue weighted by molar-refractivity contribution is 7.53. The van der Waals surface area contributed by atoms with Gasteiger partial charge in [0.25, 0.3) is 0 Å². The predicted molar refractivity (Wildman–Crippen MR) is 167 cm³/mol. The molecule has 1 rings (SSSR count). The van der Waals surface area contributed by atoms with Crippen LogP contribution in [0.4, 0.5) is 14.4 Å². The standard InChI is InChI=1S/C31H45O17P/c1-18(2)39-29(35)43-21(7)42-28(34)25(15-16-26(32)46-27(33)24-13-11-10-12-14-24)17-49(38,47-22(8)44-30(36)40-19(3)4)48-23(9)45-31(37)41-20(5)6/h10-14,18-23,25H,15-17H2,1-9H3. The molecule has 0 N–H and O–H groups in total. The fourth-order valence-corrected chi connectivity index (χ4v) is 5.67. The van der Waals surface area contributed by atoms with Gasteiger partial charge in [0.1, 0.15) is 0 Å². The summed E-state index contributed by atoms with van der Waals surface area (Å²) in [7, 11) is -4.67. The summed E-state index contributed by atoms with van der Waals surface area (Å²) in [5, 5.41) is 0. The molecule has 0 aliphatic rings. The van der Waals surface area contributed by atoms with Crippen LogP contribution in [-0.4, -0.2) is 79.7 Å². The minimum Gasteiger partial charge on any atom is -0.432 e. The lowest BCUT2D eigenvalue weighted by Crippen LogP contribution is -2.31. The normalized spacial score (nSPS) is 14.8. The lowest BCUT2D eigenvalue weighted by Gasteiger charge is -2.27. The highest BCUT2D eigenvalue weighted by Crippen LogP contribution is 2.53. The molecule has 0 saturated carbocycles. The van der Waals surface area contributed by atoms with Crippen molar-refractivity contribution < 1.29 is 80.3 Å². The quantitative estimate of drug-likeness (QED) is 0.0538. The second-order valence-corrected chi connectivity index (χ2v) is 13.1. The van der Waals surface area contributed by atoms with E-state index in [0.717, 1.165) is 0 Å². The summed E-state index contributed by atoms with van der Waals surface area (Å²) in [5.41, 5.74) is 0.0901. The number of ether oxygens (including phenoxy) is 8. The number of hydrogen-bond acceptors (Lipinski definition) is 17. The maximum absolute atomic E-state index is 14.2. The molecule has 0 aromatic heterocycles. The van der Waals surface area contributed by atoms with Gasteiger partial charge in [0.2, 0.25) is 18.9 Å². The van der Waals surface area contributed by atoms with E-state index in [2.05, 4.69) is 0 Å². The van der Waals surface area contributed by atoms with E-state index in [1.165, 1.54) is 32.9 Å². The molecule has 276 valence electrons. The third-order valence-electron chi connectivity index (χ3n) is 5.37. The van der Waals surface area contributed by atoms with Crippen LogP contribution in [0.15, 0.2) is 30.3 Å². The number of hydrogen-bond donors (Lipinski definition) is 0. The first-order chi connectivity index (χ1) is 22.8. The van der Waals surface area contributed by atoms with E-state index in [1.807, 2.05) is 0 Å². The summed E-state index contributed by atoms with van der Waals surface area (Å²) < 4.78 is 64.6. The molecule has 0 aliphatic heterocycles. The van der Waals surface area contributed by atoms with Gasteiger partial charge in [-0.15, -0.1) is 0 Å². The highest BCUT2D eigenvalue weighted by atomic mass is 31.2. The van der Waals surface area contributed by atoms with Crippen LogP contribution in [0.5, 0.6) is 0 Å². The summed E-state index contributed by atoms with van der Waals surface area (Å²) in [6, 6.07) is 7.62. The van der Waals surface area contributed by atoms with Crippen molar-refractivity contribution in [1.82, 2.24) is 0 Å². The van der Waals surface area contributed by atoms with E-state index in [9.17, 15) is 33.3 Å². The summed E-state index contributed by atoms with van der Waals surface area (Å²) >= 11 is 0. The number of carbonyl (C=O) groups excluding carboxylic acids is 6. The number of carbonyl (C=O) groups is 6. The third-order valence-corrected chi connectivity index (χ3v) is 7.50. The zero-order valence-corrected chi connectivity index (χ0v) is 29.8. The van der Waals surface area contributed by atoms with E-state index in [0.29, 0.717) is 0 Å². The van der Waals surface area contributed by atoms with E-state index in [4.69, 9.17) is 46.9 Å². The van der Waals surface area contributed by atoms with Crippen molar-refractivity contribution in [2.75, 3.05) is 6.16 Å². The highest BCUT2D eigenvalue weighted by Gasteiger charge is 2.39. The van der Waals surface area contributed by atoms with Crippen molar-refractivity contribution in [2.45, 2.75) is 112 Å². The summed E-state index contributed by atoms with van der Waals surface area (Å²) in [6.45, 7) is 12.9. The molecule has 0 heterocycles. The Morgan fingerprint density at radius 3 is 1.45 bits per heavy atom. The summed E-state index contributed by atoms with van der Waals surface area (Å²) in [4.78, 5) is 74.3. The largest absolute Gasteiger partial charge is 0.511 e. The van der Waals surface area contributed by atoms with Crippen LogP contribution in [0.2, 0.25) is 0 Å². The molecule has 18 heteroatoms. The molecule has 0 amide bonds. The molecule has 0 saturated heterocycles. The molecule has 1 aromatic carbocycles. The van der Waals surface area contributed by atoms with Crippen molar-refractivity contribution in [3.63, 3.8) is 0 Å². The van der Waals surface area contributed by atoms with Crippen molar-refractivity contribution in [3.8, 4) is 0 Å². The molecule has 0 aliphatic carbocycles. The van der Waals surface area contributed by atoms with Crippen molar-refractivity contribution in [2.24, 2.45) is 5.92 Å². The van der Waals surface area contributed by atoms with Gasteiger partial charge in [-0.05, 0) is 73.9 Å². The smallest absolute Gasteiger partial charge is 0.432 e. The topological polar surface area (TPSA) is 212 Å². The van der Waals surface area contributed by atoms with Gasteiger partial charge < -0.3 is 37.9 Å². The first-order valence-corrected chi connectivity index (χ1v) is 17.1. The second kappa shape index (κ2) is 21.0. The Kier molecular flexibility index (Phi) is 18.3. The summed E-state index contributed by atoms with van der Waals surface area (Å²) in [5.74, 6) is -4.69. The zero-order valence-electron chi connectivity index (χ0n) is 28.9. The van der Waals surface area contributed by atoms with E-state index >= 15 is 0 Å². The Balaban J connectivity index is 3.29. The zero-order chi connectivity index (χ0) is 37.3. The fraction of sp³-hybridized carbons (Fsp3) is 0.613. The average molecular weight is 721 g/mol. The number of rotatable bonds is 18. The van der Waals surface area contributed by atoms with Gasteiger partial charge in [0, 0.05) is 13.3 Å². The minimum absolute atomic E-state index is 0.0901. The van der Waals surface area contributed by atoms with Gasteiger partial charge in [-0.3, -0.25) is 23.2 Å². The van der Waals surface area contributed by atoms with Crippen LogP contribution < -0.4 is 0 Å². The number of esters is 3. The van der Waals surface area contributed by atoms with Crippen LogP contribution in [-0.2, 0) is 61.1 Å². The van der Waals surface area contributed by atoms with Crippen LogP contribution in [0.25, 0.3) is 0 Å². The van der Waals surface area contributed by atoms with Crippen LogP contribution in [0, 0.1) is 5.92 Å². The molecule has 0 spiro atoms. The SMILES string of the molecule is CC(C)OC(=O)OC(C)OC(=O)C(CCC(=O)OC(=O)c1ccccc1)CP(=O)(OC(C)OC(=O)OC(C)C)OC(C)OC(=O)OC(C)C. The first kappa shape index (κ1) is 42.8. The predicted octanol–water partition coefficient (Wildman–Crippen LogP) is 6.26. The maximum Gasteiger partial charge on any atom is 0.511 e. The Hall–Kier alpha value is -4.21. The van der Waals surface area contributed by atoms with Crippen molar-refractivity contribution in [1.29, 1.82) is 0 Å². The molecule has 49 heavy (non-hydrogen) atoms. The molecule has 17 nitrogen and oxygen atoms in total. The first-order valence-electron chi connectivity index (χ1n) is 15.4. The van der Waals surface area contributed by atoms with Gasteiger partial charge in [-0.2, -0.15) is 0 Å². The van der Waals surface area contributed by atoms with Gasteiger partial charge in [0.05, 0.1) is 36.0 Å². The second-order valence-electron chi connectivity index (χ2n) is 11.1. The van der Waals surface area contributed by atoms with Crippen LogP contribution >= 0.6 is 7.60 Å². The van der Waals surface area contributed by atoms with E-state index < -0.39 is 106 Å². The summed E-state index contributed by atoms with van der Waals surface area (Å²) in [6.07, 6.45) is -11.8. The van der Waals surface area contributed by atoms with Gasteiger partial charge in [0.15, 0.2) is 0 Å². The van der Waals surface area contributed by atoms with Gasteiger partial charge in [-0.1, -0.05) is 18.2 Å². The molecule has 0 fully saturated rings. The third kappa shape index (κ3) is 18.8. The van der Waals surface area contributed by atoms with E-state index in [1.54, 1.807) is 59.7 Å². The molecule has 0 bridgehead atoms. The lowest BCUT2D eigenvalue weighted by molar-refractivity contribution is -0.173. The monoisotopic (exact) mass is 720 g/mol. The molecular formula is C31H45O17P. The van der Waals surface area contributed by atoms with Crippen LogP contribution in [0.1, 0.15) is 85.5 Å². The fourth-order valence-electron chi connectivity index (χ4n) is 3.59. The Morgan fingerprint density at radius 2 is 1.02 bits per heavy atom. The van der Waals surface area contributed by atoms with Crippen molar-refractivity contribution in [3.05, 3.63) is 35.9 Å². The maximum atomic E-state index is 14.2. The molecule has 0 radical (unpaired) electrons. The molecule has 1 aromatic rings. The average Bonchev–Trinajstić information content (AvgIpc) is 2.93. The lowest BCUT2D eigenvalue weighted by atomic mass is 10.1. The van der Waals surface area contributed by atoms with E-state index in [-0.39, 0.29) is 5.56 Å².